The fourth-order valence-electron chi connectivity index (χ4n) is 2.08. The van der Waals surface area contributed by atoms with Crippen molar-refractivity contribution in [3.05, 3.63) is 46.5 Å². The van der Waals surface area contributed by atoms with Crippen molar-refractivity contribution in [1.82, 2.24) is 14.9 Å². The molecule has 2 rings (SSSR count). The van der Waals surface area contributed by atoms with Crippen LogP contribution >= 0.6 is 15.9 Å². The molecule has 0 spiro atoms. The van der Waals surface area contributed by atoms with Crippen LogP contribution in [0.2, 0.25) is 0 Å². The van der Waals surface area contributed by atoms with E-state index in [4.69, 9.17) is 4.74 Å². The molecule has 1 aromatic carbocycles. The van der Waals surface area contributed by atoms with Gasteiger partial charge >= 0.3 is 0 Å². The van der Waals surface area contributed by atoms with Gasteiger partial charge in [0.25, 0.3) is 0 Å². The minimum Gasteiger partial charge on any atom is -0.496 e. The lowest BCUT2D eigenvalue weighted by atomic mass is 10.2. The SMILES string of the molecule is CCNCCc1cn(Cc2cc(Br)ccc2OC)cn1. The predicted molar refractivity (Wildman–Crippen MR) is 84.3 cm³/mol. The summed E-state index contributed by atoms with van der Waals surface area (Å²) >= 11 is 3.50. The van der Waals surface area contributed by atoms with Gasteiger partial charge in [0.15, 0.2) is 0 Å². The number of nitrogens with zero attached hydrogens (tertiary/aromatic N) is 2. The first kappa shape index (κ1) is 15.1. The van der Waals surface area contributed by atoms with Gasteiger partial charge in [0.05, 0.1) is 25.7 Å². The summed E-state index contributed by atoms with van der Waals surface area (Å²) in [5.41, 5.74) is 2.25. The Morgan fingerprint density at radius 3 is 3.00 bits per heavy atom. The Hall–Kier alpha value is -1.33. The monoisotopic (exact) mass is 337 g/mol. The molecule has 0 radical (unpaired) electrons. The summed E-state index contributed by atoms with van der Waals surface area (Å²) in [7, 11) is 1.70. The van der Waals surface area contributed by atoms with Gasteiger partial charge in [0, 0.05) is 29.2 Å². The molecule has 1 heterocycles. The van der Waals surface area contributed by atoms with Crippen molar-refractivity contribution in [2.45, 2.75) is 19.9 Å². The quantitative estimate of drug-likeness (QED) is 0.789. The highest BCUT2D eigenvalue weighted by Crippen LogP contribution is 2.23. The Bertz CT molecular complexity index is 554. The molecule has 20 heavy (non-hydrogen) atoms. The van der Waals surface area contributed by atoms with Crippen molar-refractivity contribution in [1.29, 1.82) is 0 Å². The average molecular weight is 338 g/mol. The average Bonchev–Trinajstić information content (AvgIpc) is 2.87. The second-order valence-corrected chi connectivity index (χ2v) is 5.51. The maximum absolute atomic E-state index is 5.39. The highest BCUT2D eigenvalue weighted by atomic mass is 79.9. The topological polar surface area (TPSA) is 39.1 Å². The van der Waals surface area contributed by atoms with E-state index in [9.17, 15) is 0 Å². The summed E-state index contributed by atoms with van der Waals surface area (Å²) in [5, 5.41) is 3.31. The van der Waals surface area contributed by atoms with E-state index in [1.165, 1.54) is 0 Å². The number of halogens is 1. The minimum absolute atomic E-state index is 0.761. The van der Waals surface area contributed by atoms with E-state index in [1.54, 1.807) is 7.11 Å². The third-order valence-corrected chi connectivity index (χ3v) is 3.58. The standard InChI is InChI=1S/C15H20BrN3O/c1-3-17-7-6-14-10-19(11-18-14)9-12-8-13(16)4-5-15(12)20-2/h4-5,8,10-11,17H,3,6-7,9H2,1-2H3. The van der Waals surface area contributed by atoms with Crippen LogP contribution in [-0.2, 0) is 13.0 Å². The summed E-state index contributed by atoms with van der Waals surface area (Å²) in [6, 6.07) is 6.04. The van der Waals surface area contributed by atoms with E-state index in [2.05, 4.69) is 50.0 Å². The number of hydrogen-bond donors (Lipinski definition) is 1. The zero-order valence-corrected chi connectivity index (χ0v) is 13.5. The van der Waals surface area contributed by atoms with Gasteiger partial charge < -0.3 is 14.6 Å². The van der Waals surface area contributed by atoms with E-state index in [0.717, 1.165) is 47.5 Å². The molecule has 4 nitrogen and oxygen atoms in total. The molecule has 0 bridgehead atoms. The van der Waals surface area contributed by atoms with Crippen LogP contribution in [0.5, 0.6) is 5.75 Å². The van der Waals surface area contributed by atoms with E-state index in [-0.39, 0.29) is 0 Å². The molecule has 108 valence electrons. The first-order valence-corrected chi connectivity index (χ1v) is 7.56. The van der Waals surface area contributed by atoms with Crippen molar-refractivity contribution < 1.29 is 4.74 Å². The van der Waals surface area contributed by atoms with Crippen LogP contribution in [0.3, 0.4) is 0 Å². The largest absolute Gasteiger partial charge is 0.496 e. The smallest absolute Gasteiger partial charge is 0.123 e. The predicted octanol–water partition coefficient (Wildman–Crippen LogP) is 2.85. The lowest BCUT2D eigenvalue weighted by molar-refractivity contribution is 0.408. The molecular weight excluding hydrogens is 318 g/mol. The van der Waals surface area contributed by atoms with E-state index >= 15 is 0 Å². The number of nitrogens with one attached hydrogen (secondary N) is 1. The van der Waals surface area contributed by atoms with Gasteiger partial charge in [0.2, 0.25) is 0 Å². The van der Waals surface area contributed by atoms with Gasteiger partial charge in [-0.05, 0) is 24.7 Å². The number of aromatic nitrogens is 2. The summed E-state index contributed by atoms with van der Waals surface area (Å²) in [4.78, 5) is 4.43. The van der Waals surface area contributed by atoms with Gasteiger partial charge in [-0.15, -0.1) is 0 Å². The molecule has 0 aliphatic heterocycles. The van der Waals surface area contributed by atoms with Gasteiger partial charge in [-0.2, -0.15) is 0 Å². The van der Waals surface area contributed by atoms with Crippen LogP contribution in [0, 0.1) is 0 Å². The van der Waals surface area contributed by atoms with Crippen molar-refractivity contribution in [3.8, 4) is 5.75 Å². The first-order chi connectivity index (χ1) is 9.72. The highest BCUT2D eigenvalue weighted by Gasteiger charge is 2.06. The van der Waals surface area contributed by atoms with E-state index < -0.39 is 0 Å². The molecule has 0 fully saturated rings. The molecule has 0 aliphatic carbocycles. The normalized spacial score (nSPS) is 10.8. The number of rotatable bonds is 7. The molecule has 0 atom stereocenters. The van der Waals surface area contributed by atoms with Crippen molar-refractivity contribution in [2.24, 2.45) is 0 Å². The number of methoxy groups -OCH3 is 1. The van der Waals surface area contributed by atoms with E-state index in [1.807, 2.05) is 18.5 Å². The van der Waals surface area contributed by atoms with Crippen molar-refractivity contribution >= 4 is 15.9 Å². The van der Waals surface area contributed by atoms with Crippen LogP contribution in [0.15, 0.2) is 35.2 Å². The number of benzene rings is 1. The Morgan fingerprint density at radius 1 is 1.40 bits per heavy atom. The Labute approximate surface area is 128 Å². The summed E-state index contributed by atoms with van der Waals surface area (Å²) in [6.45, 7) is 4.83. The van der Waals surface area contributed by atoms with Crippen LogP contribution in [0.25, 0.3) is 0 Å². The lowest BCUT2D eigenvalue weighted by Crippen LogP contribution is -2.16. The highest BCUT2D eigenvalue weighted by molar-refractivity contribution is 9.10. The van der Waals surface area contributed by atoms with Gasteiger partial charge in [0.1, 0.15) is 5.75 Å². The second-order valence-electron chi connectivity index (χ2n) is 4.60. The fraction of sp³-hybridized carbons (Fsp3) is 0.400. The Kier molecular flexibility index (Phi) is 5.61. The Balaban J connectivity index is 2.04. The first-order valence-electron chi connectivity index (χ1n) is 6.76. The number of ether oxygens (including phenoxy) is 1. The van der Waals surface area contributed by atoms with Crippen LogP contribution in [0.4, 0.5) is 0 Å². The molecule has 5 heteroatoms. The number of imidazole rings is 1. The van der Waals surface area contributed by atoms with Crippen molar-refractivity contribution in [2.75, 3.05) is 20.2 Å². The summed E-state index contributed by atoms with van der Waals surface area (Å²) in [6.07, 6.45) is 4.93. The third kappa shape index (κ3) is 4.08. The third-order valence-electron chi connectivity index (χ3n) is 3.09. The maximum Gasteiger partial charge on any atom is 0.123 e. The molecule has 0 saturated heterocycles. The van der Waals surface area contributed by atoms with Gasteiger partial charge in [-0.1, -0.05) is 22.9 Å². The molecule has 0 saturated carbocycles. The number of likely N-dealkylation sites (N-methyl/N-ethyl adjacent to an activating group) is 1. The zero-order valence-electron chi connectivity index (χ0n) is 11.9. The van der Waals surface area contributed by atoms with Gasteiger partial charge in [-0.3, -0.25) is 0 Å². The van der Waals surface area contributed by atoms with E-state index in [0.29, 0.717) is 0 Å². The van der Waals surface area contributed by atoms with Crippen LogP contribution in [-0.4, -0.2) is 29.8 Å². The summed E-state index contributed by atoms with van der Waals surface area (Å²) < 4.78 is 8.54. The van der Waals surface area contributed by atoms with Crippen LogP contribution in [0.1, 0.15) is 18.2 Å². The lowest BCUT2D eigenvalue weighted by Gasteiger charge is -2.09. The molecule has 0 amide bonds. The molecule has 1 aromatic heterocycles. The summed E-state index contributed by atoms with van der Waals surface area (Å²) in [5.74, 6) is 0.899. The maximum atomic E-state index is 5.39. The molecule has 0 aliphatic rings. The Morgan fingerprint density at radius 2 is 2.25 bits per heavy atom. The van der Waals surface area contributed by atoms with Crippen LogP contribution < -0.4 is 10.1 Å². The zero-order chi connectivity index (χ0) is 14.4. The molecular formula is C15H20BrN3O. The molecule has 0 unspecified atom stereocenters. The molecule has 2 aromatic rings. The fourth-order valence-corrected chi connectivity index (χ4v) is 2.49. The molecule has 1 N–H and O–H groups in total. The number of hydrogen-bond acceptors (Lipinski definition) is 3. The van der Waals surface area contributed by atoms with Crippen molar-refractivity contribution in [3.63, 3.8) is 0 Å². The minimum atomic E-state index is 0.761. The van der Waals surface area contributed by atoms with Gasteiger partial charge in [-0.25, -0.2) is 4.98 Å². The second kappa shape index (κ2) is 7.45.